The van der Waals surface area contributed by atoms with Gasteiger partial charge in [0.15, 0.2) is 0 Å². The first kappa shape index (κ1) is 11.1. The summed E-state index contributed by atoms with van der Waals surface area (Å²) in [5.74, 6) is 1.58. The number of anilines is 2. The van der Waals surface area contributed by atoms with Gasteiger partial charge in [0.2, 0.25) is 0 Å². The Morgan fingerprint density at radius 1 is 1.31 bits per heavy atom. The number of nitrogens with two attached hydrogens (primary N) is 1. The van der Waals surface area contributed by atoms with Crippen molar-refractivity contribution in [2.45, 2.75) is 32.2 Å². The van der Waals surface area contributed by atoms with Gasteiger partial charge in [-0.1, -0.05) is 0 Å². The molecule has 0 aromatic heterocycles. The minimum absolute atomic E-state index is 0.138. The average Bonchev–Trinajstić information content (AvgIpc) is 2.98. The molecule has 1 aliphatic carbocycles. The normalized spacial score (nSPS) is 15.9. The number of hydrogen-bond acceptors (Lipinski definition) is 3. The van der Waals surface area contributed by atoms with Crippen LogP contribution < -0.4 is 15.8 Å². The molecule has 0 heterocycles. The van der Waals surface area contributed by atoms with Gasteiger partial charge in [-0.05, 0) is 38.7 Å². The summed E-state index contributed by atoms with van der Waals surface area (Å²) >= 11 is 0. The second-order valence-corrected chi connectivity index (χ2v) is 5.12. The van der Waals surface area contributed by atoms with E-state index in [0.29, 0.717) is 0 Å². The molecule has 1 aromatic rings. The molecular formula is C13H20N2O. The summed E-state index contributed by atoms with van der Waals surface area (Å²) in [6.45, 7) is 4.47. The summed E-state index contributed by atoms with van der Waals surface area (Å²) in [4.78, 5) is 0. The maximum Gasteiger partial charge on any atom is 0.122 e. The SMILES string of the molecule is COc1cc(N)cc(NC(C)(C)C2CC2)c1. The first-order chi connectivity index (χ1) is 7.51. The molecule has 0 saturated heterocycles. The highest BCUT2D eigenvalue weighted by atomic mass is 16.5. The van der Waals surface area contributed by atoms with Crippen LogP contribution in [-0.2, 0) is 0 Å². The molecule has 1 aromatic carbocycles. The van der Waals surface area contributed by atoms with E-state index in [1.54, 1.807) is 7.11 Å². The van der Waals surface area contributed by atoms with Gasteiger partial charge in [-0.2, -0.15) is 0 Å². The van der Waals surface area contributed by atoms with Gasteiger partial charge in [-0.25, -0.2) is 0 Å². The Morgan fingerprint density at radius 2 is 2.00 bits per heavy atom. The lowest BCUT2D eigenvalue weighted by atomic mass is 9.98. The third-order valence-electron chi connectivity index (χ3n) is 3.23. The van der Waals surface area contributed by atoms with Crippen molar-refractivity contribution >= 4 is 11.4 Å². The van der Waals surface area contributed by atoms with Gasteiger partial charge in [0.05, 0.1) is 7.11 Å². The number of methoxy groups -OCH3 is 1. The molecule has 0 spiro atoms. The average molecular weight is 220 g/mol. The van der Waals surface area contributed by atoms with Crippen LogP contribution >= 0.6 is 0 Å². The highest BCUT2D eigenvalue weighted by molar-refractivity contribution is 5.60. The third kappa shape index (κ3) is 2.40. The van der Waals surface area contributed by atoms with Crippen LogP contribution in [0.2, 0.25) is 0 Å². The van der Waals surface area contributed by atoms with Gasteiger partial charge in [0, 0.05) is 29.0 Å². The zero-order valence-electron chi connectivity index (χ0n) is 10.2. The molecule has 0 atom stereocenters. The predicted octanol–water partition coefficient (Wildman–Crippen LogP) is 2.88. The Morgan fingerprint density at radius 3 is 2.56 bits per heavy atom. The van der Waals surface area contributed by atoms with Crippen molar-refractivity contribution in [3.05, 3.63) is 18.2 Å². The largest absolute Gasteiger partial charge is 0.497 e. The Labute approximate surface area is 97.0 Å². The summed E-state index contributed by atoms with van der Waals surface area (Å²) < 4.78 is 5.21. The fraction of sp³-hybridized carbons (Fsp3) is 0.538. The smallest absolute Gasteiger partial charge is 0.122 e. The summed E-state index contributed by atoms with van der Waals surface area (Å²) in [6, 6.07) is 5.77. The molecule has 1 aliphatic rings. The standard InChI is InChI=1S/C13H20N2O/c1-13(2,9-4-5-9)15-11-6-10(14)7-12(8-11)16-3/h6-9,15H,4-5,14H2,1-3H3. The van der Waals surface area contributed by atoms with E-state index in [4.69, 9.17) is 10.5 Å². The Balaban J connectivity index is 2.16. The molecular weight excluding hydrogens is 200 g/mol. The van der Waals surface area contributed by atoms with Crippen LogP contribution in [0.5, 0.6) is 5.75 Å². The fourth-order valence-corrected chi connectivity index (χ4v) is 2.09. The number of nitrogens with one attached hydrogen (secondary N) is 1. The lowest BCUT2D eigenvalue weighted by Gasteiger charge is -2.28. The molecule has 0 unspecified atom stereocenters. The van der Waals surface area contributed by atoms with E-state index in [-0.39, 0.29) is 5.54 Å². The lowest BCUT2D eigenvalue weighted by molar-refractivity contribution is 0.415. The minimum atomic E-state index is 0.138. The molecule has 0 aliphatic heterocycles. The molecule has 0 bridgehead atoms. The van der Waals surface area contributed by atoms with Crippen LogP contribution in [-0.4, -0.2) is 12.6 Å². The quantitative estimate of drug-likeness (QED) is 0.767. The van der Waals surface area contributed by atoms with Gasteiger partial charge in [-0.15, -0.1) is 0 Å². The Bertz CT molecular complexity index is 384. The van der Waals surface area contributed by atoms with Crippen molar-refractivity contribution in [2.75, 3.05) is 18.2 Å². The van der Waals surface area contributed by atoms with Crippen molar-refractivity contribution in [1.29, 1.82) is 0 Å². The zero-order chi connectivity index (χ0) is 11.8. The molecule has 3 nitrogen and oxygen atoms in total. The molecule has 0 amide bonds. The molecule has 0 radical (unpaired) electrons. The van der Waals surface area contributed by atoms with Crippen LogP contribution in [0.15, 0.2) is 18.2 Å². The van der Waals surface area contributed by atoms with Crippen LogP contribution in [0, 0.1) is 5.92 Å². The van der Waals surface area contributed by atoms with E-state index < -0.39 is 0 Å². The third-order valence-corrected chi connectivity index (χ3v) is 3.23. The second kappa shape index (κ2) is 3.89. The van der Waals surface area contributed by atoms with E-state index in [0.717, 1.165) is 23.0 Å². The maximum atomic E-state index is 5.83. The van der Waals surface area contributed by atoms with E-state index in [2.05, 4.69) is 19.2 Å². The topological polar surface area (TPSA) is 47.3 Å². The van der Waals surface area contributed by atoms with Crippen LogP contribution in [0.25, 0.3) is 0 Å². The maximum absolute atomic E-state index is 5.83. The van der Waals surface area contributed by atoms with E-state index in [9.17, 15) is 0 Å². The molecule has 88 valence electrons. The van der Waals surface area contributed by atoms with Crippen LogP contribution in [0.1, 0.15) is 26.7 Å². The molecule has 1 fully saturated rings. The fourth-order valence-electron chi connectivity index (χ4n) is 2.09. The van der Waals surface area contributed by atoms with Crippen molar-refractivity contribution in [2.24, 2.45) is 5.92 Å². The lowest BCUT2D eigenvalue weighted by Crippen LogP contribution is -2.33. The van der Waals surface area contributed by atoms with Crippen molar-refractivity contribution < 1.29 is 4.74 Å². The van der Waals surface area contributed by atoms with E-state index in [1.807, 2.05) is 18.2 Å². The summed E-state index contributed by atoms with van der Waals surface area (Å²) in [5, 5.41) is 3.54. The van der Waals surface area contributed by atoms with Crippen molar-refractivity contribution in [3.63, 3.8) is 0 Å². The van der Waals surface area contributed by atoms with Gasteiger partial charge < -0.3 is 15.8 Å². The highest BCUT2D eigenvalue weighted by Crippen LogP contribution is 2.41. The molecule has 3 N–H and O–H groups in total. The van der Waals surface area contributed by atoms with Crippen LogP contribution in [0.4, 0.5) is 11.4 Å². The zero-order valence-corrected chi connectivity index (χ0v) is 10.2. The highest BCUT2D eigenvalue weighted by Gasteiger charge is 2.37. The first-order valence-electron chi connectivity index (χ1n) is 5.74. The molecule has 2 rings (SSSR count). The minimum Gasteiger partial charge on any atom is -0.497 e. The first-order valence-corrected chi connectivity index (χ1v) is 5.74. The Kier molecular flexibility index (Phi) is 2.70. The molecule has 1 saturated carbocycles. The van der Waals surface area contributed by atoms with Gasteiger partial charge in [0.25, 0.3) is 0 Å². The number of benzene rings is 1. The molecule has 16 heavy (non-hydrogen) atoms. The number of ether oxygens (including phenoxy) is 1. The summed E-state index contributed by atoms with van der Waals surface area (Å²) in [7, 11) is 1.66. The predicted molar refractivity (Wildman–Crippen MR) is 67.8 cm³/mol. The van der Waals surface area contributed by atoms with Gasteiger partial charge >= 0.3 is 0 Å². The Hall–Kier alpha value is -1.38. The van der Waals surface area contributed by atoms with Crippen molar-refractivity contribution in [3.8, 4) is 5.75 Å². The van der Waals surface area contributed by atoms with Crippen molar-refractivity contribution in [1.82, 2.24) is 0 Å². The number of hydrogen-bond donors (Lipinski definition) is 2. The van der Waals surface area contributed by atoms with Crippen LogP contribution in [0.3, 0.4) is 0 Å². The second-order valence-electron chi connectivity index (χ2n) is 5.12. The summed E-state index contributed by atoms with van der Waals surface area (Å²) in [5.41, 5.74) is 7.73. The summed E-state index contributed by atoms with van der Waals surface area (Å²) in [6.07, 6.45) is 2.64. The van der Waals surface area contributed by atoms with E-state index >= 15 is 0 Å². The van der Waals surface area contributed by atoms with E-state index in [1.165, 1.54) is 12.8 Å². The molecule has 3 heteroatoms. The number of rotatable bonds is 4. The monoisotopic (exact) mass is 220 g/mol. The number of nitrogen functional groups attached to an aromatic ring is 1. The van der Waals surface area contributed by atoms with Gasteiger partial charge in [-0.3, -0.25) is 0 Å². The van der Waals surface area contributed by atoms with Gasteiger partial charge in [0.1, 0.15) is 5.75 Å².